The molecule has 0 aliphatic heterocycles. The van der Waals surface area contributed by atoms with Gasteiger partial charge in [0, 0.05) is 30.9 Å². The molecule has 0 atom stereocenters. The molecule has 0 bridgehead atoms. The fraction of sp³-hybridized carbons (Fsp3) is 0.150. The van der Waals surface area contributed by atoms with Gasteiger partial charge < -0.3 is 15.7 Å². The molecule has 7 nitrogen and oxygen atoms in total. The number of hydrogen-bond donors (Lipinski definition) is 3. The van der Waals surface area contributed by atoms with Crippen LogP contribution in [-0.4, -0.2) is 46.5 Å². The number of aromatic hydroxyl groups is 1. The lowest BCUT2D eigenvalue weighted by molar-refractivity contribution is -0.120. The first kappa shape index (κ1) is 19.0. The van der Waals surface area contributed by atoms with Crippen molar-refractivity contribution in [1.29, 1.82) is 0 Å². The molecule has 29 heavy (non-hydrogen) atoms. The highest BCUT2D eigenvalue weighted by Crippen LogP contribution is 2.29. The van der Waals surface area contributed by atoms with E-state index in [1.54, 1.807) is 34.2 Å². The summed E-state index contributed by atoms with van der Waals surface area (Å²) in [5.74, 6) is 0.913. The van der Waals surface area contributed by atoms with E-state index in [4.69, 9.17) is 0 Å². The van der Waals surface area contributed by atoms with Gasteiger partial charge in [-0.1, -0.05) is 12.1 Å². The van der Waals surface area contributed by atoms with Gasteiger partial charge in [0.2, 0.25) is 5.91 Å². The number of aromatic nitrogens is 3. The molecule has 0 aliphatic carbocycles. The second kappa shape index (κ2) is 8.36. The highest BCUT2D eigenvalue weighted by atomic mass is 32.1. The maximum Gasteiger partial charge on any atom is 0.224 e. The van der Waals surface area contributed by atoms with Gasteiger partial charge in [-0.05, 0) is 40.0 Å². The minimum absolute atomic E-state index is 0.00472. The molecule has 1 aromatic carbocycles. The van der Waals surface area contributed by atoms with Crippen molar-refractivity contribution in [2.45, 2.75) is 6.42 Å². The Kier molecular flexibility index (Phi) is 5.48. The largest absolute Gasteiger partial charge is 0.507 e. The molecule has 1 amide bonds. The molecule has 3 N–H and O–H groups in total. The maximum absolute atomic E-state index is 12.0. The van der Waals surface area contributed by atoms with Gasteiger partial charge >= 0.3 is 0 Å². The number of fused-ring (bicyclic) bond motifs is 1. The Bertz CT molecular complexity index is 1140. The van der Waals surface area contributed by atoms with Crippen LogP contribution in [0.4, 0.5) is 5.82 Å². The Labute approximate surface area is 172 Å². The van der Waals surface area contributed by atoms with Gasteiger partial charge in [0.1, 0.15) is 19.4 Å². The number of thiophene rings is 1. The molecule has 0 fully saturated rings. The molecule has 0 saturated heterocycles. The zero-order valence-electron chi connectivity index (χ0n) is 15.9. The molecule has 146 valence electrons. The minimum atomic E-state index is -0.00472. The van der Waals surface area contributed by atoms with E-state index in [2.05, 4.69) is 20.7 Å². The number of carbonyl (C=O) groups excluding carboxylic acids is 1. The number of phenols is 1. The molecule has 9 heteroatoms. The van der Waals surface area contributed by atoms with Crippen molar-refractivity contribution in [3.8, 4) is 17.0 Å². The number of anilines is 1. The first-order chi connectivity index (χ1) is 14.1. The van der Waals surface area contributed by atoms with Crippen LogP contribution in [0.25, 0.3) is 16.9 Å². The van der Waals surface area contributed by atoms with E-state index in [9.17, 15) is 9.90 Å². The van der Waals surface area contributed by atoms with Crippen LogP contribution in [0, 0.1) is 0 Å². The Morgan fingerprint density at radius 1 is 1.24 bits per heavy atom. The van der Waals surface area contributed by atoms with Crippen molar-refractivity contribution in [3.63, 3.8) is 0 Å². The van der Waals surface area contributed by atoms with Crippen LogP contribution in [0.15, 0.2) is 53.4 Å². The molecule has 3 aromatic heterocycles. The van der Waals surface area contributed by atoms with E-state index in [0.717, 1.165) is 22.5 Å². The number of nitrogens with one attached hydrogen (secondary N) is 2. The van der Waals surface area contributed by atoms with Crippen molar-refractivity contribution in [2.24, 2.45) is 0 Å². The van der Waals surface area contributed by atoms with Gasteiger partial charge in [-0.3, -0.25) is 4.79 Å². The van der Waals surface area contributed by atoms with E-state index < -0.39 is 0 Å². The number of amides is 1. The summed E-state index contributed by atoms with van der Waals surface area (Å²) < 4.78 is 1.73. The number of phenolic OH excluding ortho intramolecular Hbond substituents is 1. The summed E-state index contributed by atoms with van der Waals surface area (Å²) in [4.78, 5) is 16.7. The number of carbonyl (C=O) groups is 1. The second-order valence-electron chi connectivity index (χ2n) is 6.69. The summed E-state index contributed by atoms with van der Waals surface area (Å²) in [6, 6.07) is 10.9. The topological polar surface area (TPSA) is 91.5 Å². The summed E-state index contributed by atoms with van der Waals surface area (Å²) in [5, 5.41) is 24.8. The number of nitrogens with zero attached hydrogens (tertiary/aromatic N) is 3. The third-order valence-corrected chi connectivity index (χ3v) is 5.26. The molecule has 0 saturated carbocycles. The van der Waals surface area contributed by atoms with Gasteiger partial charge in [0.05, 0.1) is 12.1 Å². The fourth-order valence-corrected chi connectivity index (χ4v) is 3.73. The number of rotatable bonds is 7. The van der Waals surface area contributed by atoms with Crippen LogP contribution in [0.1, 0.15) is 5.56 Å². The quantitative estimate of drug-likeness (QED) is 0.318. The average Bonchev–Trinajstić information content (AvgIpc) is 3.35. The van der Waals surface area contributed by atoms with Gasteiger partial charge in [-0.2, -0.15) is 21.0 Å². The number of benzene rings is 1. The summed E-state index contributed by atoms with van der Waals surface area (Å²) in [6.45, 7) is 1.02. The van der Waals surface area contributed by atoms with E-state index in [0.29, 0.717) is 30.8 Å². The Morgan fingerprint density at radius 2 is 2.10 bits per heavy atom. The maximum atomic E-state index is 12.0. The predicted octanol–water partition coefficient (Wildman–Crippen LogP) is 1.19. The van der Waals surface area contributed by atoms with E-state index in [1.165, 1.54) is 0 Å². The zero-order chi connectivity index (χ0) is 20.2. The zero-order valence-corrected chi connectivity index (χ0v) is 16.7. The van der Waals surface area contributed by atoms with Crippen LogP contribution < -0.4 is 16.1 Å². The summed E-state index contributed by atoms with van der Waals surface area (Å²) in [5.41, 5.74) is 3.99. The summed E-state index contributed by atoms with van der Waals surface area (Å²) in [6.07, 6.45) is 2.14. The van der Waals surface area contributed by atoms with Crippen molar-refractivity contribution < 1.29 is 9.90 Å². The molecule has 4 rings (SSSR count). The van der Waals surface area contributed by atoms with Crippen molar-refractivity contribution in [1.82, 2.24) is 19.9 Å². The van der Waals surface area contributed by atoms with E-state index in [-0.39, 0.29) is 11.7 Å². The Balaban J connectivity index is 1.48. The summed E-state index contributed by atoms with van der Waals surface area (Å²) in [7, 11) is 1.94. The van der Waals surface area contributed by atoms with Crippen LogP contribution in [0.3, 0.4) is 0 Å². The molecule has 0 aliphatic rings. The highest BCUT2D eigenvalue weighted by molar-refractivity contribution is 7.08. The Morgan fingerprint density at radius 3 is 2.90 bits per heavy atom. The number of hydrogen-bond acceptors (Lipinski definition) is 6. The molecular weight excluding hydrogens is 385 g/mol. The lowest BCUT2D eigenvalue weighted by atomic mass is 10.0. The van der Waals surface area contributed by atoms with Crippen LogP contribution in [0.5, 0.6) is 5.75 Å². The first-order valence-corrected chi connectivity index (χ1v) is 10.2. The SMILES string of the molecule is Bc1cnn2c(NCCNC(=O)Cc3ccsc3)cc(-c3ccccc3O)nc12. The second-order valence-corrected chi connectivity index (χ2v) is 7.47. The van der Waals surface area contributed by atoms with Crippen molar-refractivity contribution in [3.05, 3.63) is 58.9 Å². The minimum Gasteiger partial charge on any atom is -0.507 e. The van der Waals surface area contributed by atoms with E-state index >= 15 is 0 Å². The Hall–Kier alpha value is -3.33. The first-order valence-electron chi connectivity index (χ1n) is 9.27. The molecular formula is C20H20BN5O2S. The van der Waals surface area contributed by atoms with Crippen LogP contribution >= 0.6 is 11.3 Å². The molecule has 3 heterocycles. The smallest absolute Gasteiger partial charge is 0.224 e. The fourth-order valence-electron chi connectivity index (χ4n) is 3.06. The standard InChI is InChI=1S/C20H20BN5O2S/c21-15-11-24-26-18(22-6-7-23-19(28)9-13-5-8-29-12-13)10-16(25-20(15)26)14-3-1-2-4-17(14)27/h1-5,8,10-12,22,27H,6-7,9,21H2,(H,23,28). The lowest BCUT2D eigenvalue weighted by Crippen LogP contribution is -2.30. The lowest BCUT2D eigenvalue weighted by Gasteiger charge is -2.12. The average molecular weight is 405 g/mol. The normalized spacial score (nSPS) is 10.9. The molecule has 4 aromatic rings. The van der Waals surface area contributed by atoms with Crippen LogP contribution in [-0.2, 0) is 11.2 Å². The van der Waals surface area contributed by atoms with E-state index in [1.807, 2.05) is 42.9 Å². The molecule has 0 unspecified atom stereocenters. The van der Waals surface area contributed by atoms with Gasteiger partial charge in [-0.25, -0.2) is 4.98 Å². The highest BCUT2D eigenvalue weighted by Gasteiger charge is 2.12. The van der Waals surface area contributed by atoms with Crippen molar-refractivity contribution >= 4 is 42.0 Å². The third-order valence-electron chi connectivity index (χ3n) is 4.53. The molecule has 0 spiro atoms. The number of para-hydroxylation sites is 1. The van der Waals surface area contributed by atoms with Gasteiger partial charge in [0.25, 0.3) is 0 Å². The monoisotopic (exact) mass is 405 g/mol. The van der Waals surface area contributed by atoms with Crippen LogP contribution in [0.2, 0.25) is 0 Å². The third kappa shape index (κ3) is 4.24. The van der Waals surface area contributed by atoms with Gasteiger partial charge in [0.15, 0.2) is 5.65 Å². The predicted molar refractivity (Wildman–Crippen MR) is 118 cm³/mol. The molecule has 0 radical (unpaired) electrons. The summed E-state index contributed by atoms with van der Waals surface area (Å²) >= 11 is 1.58. The van der Waals surface area contributed by atoms with Gasteiger partial charge in [-0.15, -0.1) is 0 Å². The van der Waals surface area contributed by atoms with Crippen molar-refractivity contribution in [2.75, 3.05) is 18.4 Å².